The van der Waals surface area contributed by atoms with E-state index in [0.717, 1.165) is 27.6 Å². The molecule has 0 N–H and O–H groups in total. The van der Waals surface area contributed by atoms with Crippen LogP contribution in [0, 0.1) is 0 Å². The lowest BCUT2D eigenvalue weighted by atomic mass is 9.84. The van der Waals surface area contributed by atoms with Crippen LogP contribution in [0.15, 0.2) is 85.1 Å². The standard InChI is InChI=1S/C26H21NO4/c1-17(28)30-21-13-10-20(11-14-21)25(23-9-5-6-16-27-23)26-22-8-4-3-7-19(22)12-15-24(26)31-18(2)29/h3-16,25H,1-2H3. The summed E-state index contributed by atoms with van der Waals surface area (Å²) in [7, 11) is 0. The Labute approximate surface area is 180 Å². The second kappa shape index (κ2) is 8.79. The molecular weight excluding hydrogens is 390 g/mol. The van der Waals surface area contributed by atoms with Gasteiger partial charge < -0.3 is 9.47 Å². The molecule has 3 aromatic carbocycles. The average molecular weight is 411 g/mol. The van der Waals surface area contributed by atoms with Crippen LogP contribution in [-0.4, -0.2) is 16.9 Å². The van der Waals surface area contributed by atoms with Gasteiger partial charge in [-0.05, 0) is 46.7 Å². The second-order valence-electron chi connectivity index (χ2n) is 7.14. The van der Waals surface area contributed by atoms with Gasteiger partial charge in [-0.2, -0.15) is 0 Å². The highest BCUT2D eigenvalue weighted by atomic mass is 16.5. The van der Waals surface area contributed by atoms with Gasteiger partial charge in [0.1, 0.15) is 11.5 Å². The number of fused-ring (bicyclic) bond motifs is 1. The van der Waals surface area contributed by atoms with Crippen molar-refractivity contribution in [2.24, 2.45) is 0 Å². The minimum absolute atomic E-state index is 0.298. The lowest BCUT2D eigenvalue weighted by Crippen LogP contribution is -2.11. The number of carbonyl (C=O) groups excluding carboxylic acids is 2. The van der Waals surface area contributed by atoms with Crippen molar-refractivity contribution in [3.05, 3.63) is 102 Å². The fraction of sp³-hybridized carbons (Fsp3) is 0.115. The largest absolute Gasteiger partial charge is 0.427 e. The van der Waals surface area contributed by atoms with Gasteiger partial charge in [0.15, 0.2) is 0 Å². The summed E-state index contributed by atoms with van der Waals surface area (Å²) in [6, 6.07) is 24.8. The summed E-state index contributed by atoms with van der Waals surface area (Å²) in [6.45, 7) is 2.76. The molecule has 1 atom stereocenters. The molecule has 4 rings (SSSR count). The molecule has 1 heterocycles. The van der Waals surface area contributed by atoms with Gasteiger partial charge in [0.25, 0.3) is 0 Å². The van der Waals surface area contributed by atoms with Gasteiger partial charge in [-0.25, -0.2) is 0 Å². The summed E-state index contributed by atoms with van der Waals surface area (Å²) in [5.41, 5.74) is 2.60. The number of nitrogens with zero attached hydrogens (tertiary/aromatic N) is 1. The van der Waals surface area contributed by atoms with Crippen LogP contribution in [0.5, 0.6) is 11.5 Å². The summed E-state index contributed by atoms with van der Waals surface area (Å²) >= 11 is 0. The first-order valence-corrected chi connectivity index (χ1v) is 9.92. The Kier molecular flexibility index (Phi) is 5.76. The first kappa shape index (κ1) is 20.3. The van der Waals surface area contributed by atoms with Gasteiger partial charge >= 0.3 is 11.9 Å². The predicted molar refractivity (Wildman–Crippen MR) is 118 cm³/mol. The Morgan fingerprint density at radius 3 is 2.16 bits per heavy atom. The number of pyridine rings is 1. The Balaban J connectivity index is 1.95. The van der Waals surface area contributed by atoms with Crippen molar-refractivity contribution in [2.75, 3.05) is 0 Å². The van der Waals surface area contributed by atoms with Crippen molar-refractivity contribution in [1.29, 1.82) is 0 Å². The van der Waals surface area contributed by atoms with Gasteiger partial charge in [0, 0.05) is 25.6 Å². The minimum Gasteiger partial charge on any atom is -0.427 e. The van der Waals surface area contributed by atoms with E-state index in [2.05, 4.69) is 4.98 Å². The molecule has 0 aliphatic rings. The maximum Gasteiger partial charge on any atom is 0.308 e. The lowest BCUT2D eigenvalue weighted by Gasteiger charge is -2.22. The van der Waals surface area contributed by atoms with Gasteiger partial charge in [0.2, 0.25) is 0 Å². The minimum atomic E-state index is -0.387. The van der Waals surface area contributed by atoms with Gasteiger partial charge in [-0.3, -0.25) is 14.6 Å². The fourth-order valence-corrected chi connectivity index (χ4v) is 3.74. The molecule has 0 spiro atoms. The first-order valence-electron chi connectivity index (χ1n) is 9.92. The molecule has 0 saturated heterocycles. The number of hydrogen-bond acceptors (Lipinski definition) is 5. The molecule has 0 saturated carbocycles. The molecule has 1 unspecified atom stereocenters. The highest BCUT2D eigenvalue weighted by Gasteiger charge is 2.25. The topological polar surface area (TPSA) is 65.5 Å². The zero-order chi connectivity index (χ0) is 21.8. The number of aromatic nitrogens is 1. The van der Waals surface area contributed by atoms with E-state index < -0.39 is 0 Å². The third-order valence-electron chi connectivity index (χ3n) is 4.93. The highest BCUT2D eigenvalue weighted by molar-refractivity contribution is 5.90. The van der Waals surface area contributed by atoms with E-state index in [9.17, 15) is 9.59 Å². The van der Waals surface area contributed by atoms with Crippen LogP contribution < -0.4 is 9.47 Å². The predicted octanol–water partition coefficient (Wildman–Crippen LogP) is 5.27. The van der Waals surface area contributed by atoms with Gasteiger partial charge in [0.05, 0.1) is 11.6 Å². The van der Waals surface area contributed by atoms with E-state index in [-0.39, 0.29) is 17.9 Å². The van der Waals surface area contributed by atoms with Crippen molar-refractivity contribution in [2.45, 2.75) is 19.8 Å². The molecular formula is C26H21NO4. The zero-order valence-electron chi connectivity index (χ0n) is 17.2. The third-order valence-corrected chi connectivity index (χ3v) is 4.93. The Morgan fingerprint density at radius 1 is 0.774 bits per heavy atom. The Bertz CT molecular complexity index is 1230. The molecule has 0 amide bonds. The van der Waals surface area contributed by atoms with Crippen LogP contribution in [0.3, 0.4) is 0 Å². The van der Waals surface area contributed by atoms with Crippen molar-refractivity contribution in [1.82, 2.24) is 4.98 Å². The maximum atomic E-state index is 11.9. The molecule has 0 fully saturated rings. The average Bonchev–Trinajstić information content (AvgIpc) is 2.76. The smallest absolute Gasteiger partial charge is 0.308 e. The van der Waals surface area contributed by atoms with Crippen molar-refractivity contribution < 1.29 is 19.1 Å². The molecule has 0 bridgehead atoms. The highest BCUT2D eigenvalue weighted by Crippen LogP contribution is 2.41. The van der Waals surface area contributed by atoms with Crippen LogP contribution in [0.25, 0.3) is 10.8 Å². The summed E-state index contributed by atoms with van der Waals surface area (Å²) in [5.74, 6) is -0.102. The number of ether oxygens (including phenoxy) is 2. The summed E-state index contributed by atoms with van der Waals surface area (Å²) in [5, 5.41) is 2.01. The molecule has 0 aliphatic heterocycles. The molecule has 1 aromatic heterocycles. The second-order valence-corrected chi connectivity index (χ2v) is 7.14. The number of hydrogen-bond donors (Lipinski definition) is 0. The number of esters is 2. The molecule has 5 heteroatoms. The summed E-state index contributed by atoms with van der Waals surface area (Å²) in [6.07, 6.45) is 1.74. The molecule has 5 nitrogen and oxygen atoms in total. The molecule has 154 valence electrons. The van der Waals surface area contributed by atoms with Crippen molar-refractivity contribution in [3.63, 3.8) is 0 Å². The van der Waals surface area contributed by atoms with E-state index in [1.54, 1.807) is 18.3 Å². The van der Waals surface area contributed by atoms with E-state index in [0.29, 0.717) is 11.5 Å². The summed E-state index contributed by atoms with van der Waals surface area (Å²) < 4.78 is 10.8. The summed E-state index contributed by atoms with van der Waals surface area (Å²) in [4.78, 5) is 27.8. The number of benzene rings is 3. The lowest BCUT2D eigenvalue weighted by molar-refractivity contribution is -0.132. The van der Waals surface area contributed by atoms with E-state index in [1.165, 1.54) is 13.8 Å². The molecule has 0 radical (unpaired) electrons. The molecule has 0 aliphatic carbocycles. The maximum absolute atomic E-state index is 11.9. The molecule has 31 heavy (non-hydrogen) atoms. The number of carbonyl (C=O) groups is 2. The number of rotatable bonds is 5. The van der Waals surface area contributed by atoms with Gasteiger partial charge in [-0.15, -0.1) is 0 Å². The molecule has 4 aromatic rings. The van der Waals surface area contributed by atoms with E-state index in [1.807, 2.05) is 66.7 Å². The quantitative estimate of drug-likeness (QED) is 0.331. The van der Waals surface area contributed by atoms with Gasteiger partial charge in [-0.1, -0.05) is 48.5 Å². The van der Waals surface area contributed by atoms with E-state index >= 15 is 0 Å². The van der Waals surface area contributed by atoms with E-state index in [4.69, 9.17) is 9.47 Å². The van der Waals surface area contributed by atoms with Crippen LogP contribution in [0.2, 0.25) is 0 Å². The van der Waals surface area contributed by atoms with Crippen LogP contribution in [-0.2, 0) is 9.59 Å². The van der Waals surface area contributed by atoms with Crippen LogP contribution >= 0.6 is 0 Å². The monoisotopic (exact) mass is 411 g/mol. The zero-order valence-corrected chi connectivity index (χ0v) is 17.2. The first-order chi connectivity index (χ1) is 15.0. The van der Waals surface area contributed by atoms with Crippen LogP contribution in [0.1, 0.15) is 36.6 Å². The third kappa shape index (κ3) is 4.46. The van der Waals surface area contributed by atoms with Crippen molar-refractivity contribution >= 4 is 22.7 Å². The normalized spacial score (nSPS) is 11.7. The fourth-order valence-electron chi connectivity index (χ4n) is 3.74. The van der Waals surface area contributed by atoms with Crippen molar-refractivity contribution in [3.8, 4) is 11.5 Å². The SMILES string of the molecule is CC(=O)Oc1ccc(C(c2ccccn2)c2c(OC(C)=O)ccc3ccccc23)cc1. The Morgan fingerprint density at radius 2 is 1.48 bits per heavy atom. The Hall–Kier alpha value is -3.99. The van der Waals surface area contributed by atoms with Crippen LogP contribution in [0.4, 0.5) is 0 Å².